The summed E-state index contributed by atoms with van der Waals surface area (Å²) in [5.74, 6) is -0.206. The lowest BCUT2D eigenvalue weighted by molar-refractivity contribution is -0.111. The fraction of sp³-hybridized carbons (Fsp3) is 0.0526. The summed E-state index contributed by atoms with van der Waals surface area (Å²) in [6, 6.07) is 16.7. The number of aryl methyl sites for hydroxylation is 1. The molecule has 1 amide bonds. The second-order valence-corrected chi connectivity index (χ2v) is 5.35. The molecule has 0 fully saturated rings. The number of carbonyl (C=O) groups is 1. The van der Waals surface area contributed by atoms with E-state index in [1.165, 1.54) is 6.08 Å². The molecule has 0 saturated carbocycles. The van der Waals surface area contributed by atoms with Gasteiger partial charge in [-0.15, -0.1) is 0 Å². The van der Waals surface area contributed by atoms with E-state index >= 15 is 0 Å². The summed E-state index contributed by atoms with van der Waals surface area (Å²) < 4.78 is 1.68. The van der Waals surface area contributed by atoms with Gasteiger partial charge in [0.15, 0.2) is 0 Å². The SMILES string of the molecule is Cn1cc(/C=C/C(=O)Nc2ccc(N=Nc3ccccc3)cc2)cn1. The number of anilines is 1. The van der Waals surface area contributed by atoms with E-state index in [0.717, 1.165) is 11.3 Å². The first-order valence-electron chi connectivity index (χ1n) is 7.74. The second-order valence-electron chi connectivity index (χ2n) is 5.35. The largest absolute Gasteiger partial charge is 0.323 e. The Labute approximate surface area is 145 Å². The minimum Gasteiger partial charge on any atom is -0.323 e. The minimum atomic E-state index is -0.206. The molecular formula is C19H17N5O. The molecule has 0 unspecified atom stereocenters. The number of benzene rings is 2. The lowest BCUT2D eigenvalue weighted by Crippen LogP contribution is -2.07. The lowest BCUT2D eigenvalue weighted by Gasteiger charge is -2.01. The maximum absolute atomic E-state index is 11.9. The molecular weight excluding hydrogens is 314 g/mol. The van der Waals surface area contributed by atoms with Crippen LogP contribution in [0.2, 0.25) is 0 Å². The molecule has 6 heteroatoms. The Morgan fingerprint density at radius 3 is 2.36 bits per heavy atom. The van der Waals surface area contributed by atoms with Crippen LogP contribution < -0.4 is 5.32 Å². The Kier molecular flexibility index (Phi) is 5.11. The summed E-state index contributed by atoms with van der Waals surface area (Å²) in [5, 5.41) is 15.2. The van der Waals surface area contributed by atoms with Crippen LogP contribution in [0.15, 0.2) is 83.3 Å². The highest BCUT2D eigenvalue weighted by molar-refractivity contribution is 6.01. The van der Waals surface area contributed by atoms with Gasteiger partial charge in [-0.3, -0.25) is 9.48 Å². The Hall–Kier alpha value is -3.54. The average molecular weight is 331 g/mol. The summed E-state index contributed by atoms with van der Waals surface area (Å²) in [6.07, 6.45) is 6.71. The molecule has 0 aliphatic rings. The summed E-state index contributed by atoms with van der Waals surface area (Å²) in [4.78, 5) is 11.9. The molecule has 6 nitrogen and oxygen atoms in total. The van der Waals surface area contributed by atoms with Crippen molar-refractivity contribution in [3.05, 3.63) is 78.6 Å². The summed E-state index contributed by atoms with van der Waals surface area (Å²) in [7, 11) is 1.83. The van der Waals surface area contributed by atoms with Crippen LogP contribution in [-0.4, -0.2) is 15.7 Å². The van der Waals surface area contributed by atoms with Gasteiger partial charge in [-0.25, -0.2) is 0 Å². The topological polar surface area (TPSA) is 71.6 Å². The molecule has 124 valence electrons. The normalized spacial score (nSPS) is 11.2. The number of rotatable bonds is 5. The maximum Gasteiger partial charge on any atom is 0.248 e. The molecule has 2 aromatic carbocycles. The lowest BCUT2D eigenvalue weighted by atomic mass is 10.2. The fourth-order valence-electron chi connectivity index (χ4n) is 2.10. The van der Waals surface area contributed by atoms with Gasteiger partial charge < -0.3 is 5.32 Å². The second kappa shape index (κ2) is 7.83. The van der Waals surface area contributed by atoms with Crippen molar-refractivity contribution in [3.8, 4) is 0 Å². The molecule has 0 atom stereocenters. The highest BCUT2D eigenvalue weighted by Crippen LogP contribution is 2.20. The van der Waals surface area contributed by atoms with Gasteiger partial charge in [-0.1, -0.05) is 18.2 Å². The number of nitrogens with zero attached hydrogens (tertiary/aromatic N) is 4. The minimum absolute atomic E-state index is 0.206. The quantitative estimate of drug-likeness (QED) is 0.553. The van der Waals surface area contributed by atoms with E-state index in [9.17, 15) is 4.79 Å². The van der Waals surface area contributed by atoms with Gasteiger partial charge in [0.25, 0.3) is 0 Å². The first-order chi connectivity index (χ1) is 12.2. The van der Waals surface area contributed by atoms with Crippen molar-refractivity contribution in [3.63, 3.8) is 0 Å². The molecule has 1 heterocycles. The van der Waals surface area contributed by atoms with E-state index in [1.54, 1.807) is 41.2 Å². The first kappa shape index (κ1) is 16.3. The third kappa shape index (κ3) is 4.97. The number of carbonyl (C=O) groups excluding carboxylic acids is 1. The molecule has 0 aliphatic carbocycles. The fourth-order valence-corrected chi connectivity index (χ4v) is 2.10. The van der Waals surface area contributed by atoms with Crippen LogP contribution in [0.1, 0.15) is 5.56 Å². The number of azo groups is 1. The van der Waals surface area contributed by atoms with Gasteiger partial charge >= 0.3 is 0 Å². The van der Waals surface area contributed by atoms with Gasteiger partial charge in [0.05, 0.1) is 17.6 Å². The Morgan fingerprint density at radius 2 is 1.72 bits per heavy atom. The zero-order valence-electron chi connectivity index (χ0n) is 13.7. The zero-order chi connectivity index (χ0) is 17.5. The molecule has 25 heavy (non-hydrogen) atoms. The van der Waals surface area contributed by atoms with Crippen LogP contribution in [0.5, 0.6) is 0 Å². The van der Waals surface area contributed by atoms with Crippen LogP contribution in [0.4, 0.5) is 17.1 Å². The predicted molar refractivity (Wildman–Crippen MR) is 97.9 cm³/mol. The van der Waals surface area contributed by atoms with Gasteiger partial charge in [0.2, 0.25) is 5.91 Å². The van der Waals surface area contributed by atoms with E-state index in [1.807, 2.05) is 43.6 Å². The molecule has 0 saturated heterocycles. The highest BCUT2D eigenvalue weighted by atomic mass is 16.1. The van der Waals surface area contributed by atoms with E-state index in [-0.39, 0.29) is 5.91 Å². The first-order valence-corrected chi connectivity index (χ1v) is 7.74. The molecule has 1 aromatic heterocycles. The van der Waals surface area contributed by atoms with E-state index < -0.39 is 0 Å². The number of hydrogen-bond donors (Lipinski definition) is 1. The van der Waals surface area contributed by atoms with Crippen LogP contribution in [-0.2, 0) is 11.8 Å². The molecule has 3 aromatic rings. The Balaban J connectivity index is 1.58. The van der Waals surface area contributed by atoms with Crippen molar-refractivity contribution in [1.29, 1.82) is 0 Å². The van der Waals surface area contributed by atoms with Crippen molar-refractivity contribution < 1.29 is 4.79 Å². The van der Waals surface area contributed by atoms with Crippen LogP contribution in [0.25, 0.3) is 6.08 Å². The molecule has 0 bridgehead atoms. The Morgan fingerprint density at radius 1 is 1.04 bits per heavy atom. The molecule has 3 rings (SSSR count). The molecule has 0 aliphatic heterocycles. The van der Waals surface area contributed by atoms with E-state index in [4.69, 9.17) is 0 Å². The van der Waals surface area contributed by atoms with Crippen molar-refractivity contribution in [2.24, 2.45) is 17.3 Å². The van der Waals surface area contributed by atoms with Gasteiger partial charge in [-0.05, 0) is 42.5 Å². The number of hydrogen-bond acceptors (Lipinski definition) is 4. The van der Waals surface area contributed by atoms with Crippen molar-refractivity contribution in [1.82, 2.24) is 9.78 Å². The smallest absolute Gasteiger partial charge is 0.248 e. The zero-order valence-corrected chi connectivity index (χ0v) is 13.7. The summed E-state index contributed by atoms with van der Waals surface area (Å²) >= 11 is 0. The van der Waals surface area contributed by atoms with Gasteiger partial charge in [0, 0.05) is 30.6 Å². The summed E-state index contributed by atoms with van der Waals surface area (Å²) in [6.45, 7) is 0. The molecule has 0 radical (unpaired) electrons. The van der Waals surface area contributed by atoms with Crippen molar-refractivity contribution >= 4 is 29.0 Å². The van der Waals surface area contributed by atoms with Gasteiger partial charge in [-0.2, -0.15) is 15.3 Å². The van der Waals surface area contributed by atoms with Crippen LogP contribution in [0, 0.1) is 0 Å². The van der Waals surface area contributed by atoms with Crippen molar-refractivity contribution in [2.45, 2.75) is 0 Å². The van der Waals surface area contributed by atoms with Crippen molar-refractivity contribution in [2.75, 3.05) is 5.32 Å². The molecule has 0 spiro atoms. The average Bonchev–Trinajstić information content (AvgIpc) is 3.06. The highest BCUT2D eigenvalue weighted by Gasteiger charge is 1.99. The summed E-state index contributed by atoms with van der Waals surface area (Å²) in [5.41, 5.74) is 3.07. The maximum atomic E-state index is 11.9. The monoisotopic (exact) mass is 331 g/mol. The number of nitrogens with one attached hydrogen (secondary N) is 1. The van der Waals surface area contributed by atoms with Crippen LogP contribution in [0.3, 0.4) is 0 Å². The van der Waals surface area contributed by atoms with E-state index in [2.05, 4.69) is 20.6 Å². The third-order valence-electron chi connectivity index (χ3n) is 3.32. The van der Waals surface area contributed by atoms with Gasteiger partial charge in [0.1, 0.15) is 0 Å². The number of amides is 1. The van der Waals surface area contributed by atoms with E-state index in [0.29, 0.717) is 11.4 Å². The van der Waals surface area contributed by atoms with Crippen LogP contribution >= 0.6 is 0 Å². The molecule has 1 N–H and O–H groups in total. The Bertz CT molecular complexity index is 895. The standard InChI is InChI=1S/C19H17N5O/c1-24-14-15(13-20-24)7-12-19(25)21-16-8-10-18(11-9-16)23-22-17-5-3-2-4-6-17/h2-14H,1H3,(H,21,25)/b12-7+,23-22?. The predicted octanol–water partition coefficient (Wildman–Crippen LogP) is 4.49. The third-order valence-corrected chi connectivity index (χ3v) is 3.32. The number of aromatic nitrogens is 2.